The van der Waals surface area contributed by atoms with E-state index in [-0.39, 0.29) is 0 Å². The Bertz CT molecular complexity index is 399. The second-order valence-corrected chi connectivity index (χ2v) is 6.59. The summed E-state index contributed by atoms with van der Waals surface area (Å²) in [6, 6.07) is 0. The molecule has 0 heterocycles. The molecule has 0 aliphatic heterocycles. The Kier molecular flexibility index (Phi) is 5.90. The number of allylic oxidation sites excluding steroid dienone is 5. The molecule has 0 bridgehead atoms. The zero-order chi connectivity index (χ0) is 14.6. The standard InChI is InChI=1S/C18H30O/c1-12(2)8-15-9-16(13(3)4)11-17(14(5)6)18(10-15)19-7/h10,12,15H,8-9,11H2,1-7H3. The van der Waals surface area contributed by atoms with E-state index in [0.29, 0.717) is 5.92 Å². The van der Waals surface area contributed by atoms with Crippen LogP contribution in [-0.2, 0) is 4.74 Å². The van der Waals surface area contributed by atoms with Gasteiger partial charge in [0.25, 0.3) is 0 Å². The molecule has 1 aliphatic rings. The fourth-order valence-electron chi connectivity index (χ4n) is 2.81. The molecule has 0 aromatic heterocycles. The molecule has 19 heavy (non-hydrogen) atoms. The largest absolute Gasteiger partial charge is 0.497 e. The third-order valence-electron chi connectivity index (χ3n) is 3.89. The summed E-state index contributed by atoms with van der Waals surface area (Å²) in [6.45, 7) is 13.5. The lowest BCUT2D eigenvalue weighted by Gasteiger charge is -2.16. The van der Waals surface area contributed by atoms with E-state index in [1.54, 1.807) is 12.7 Å². The summed E-state index contributed by atoms with van der Waals surface area (Å²) >= 11 is 0. The van der Waals surface area contributed by atoms with Crippen molar-refractivity contribution in [1.29, 1.82) is 0 Å². The van der Waals surface area contributed by atoms with E-state index in [4.69, 9.17) is 4.74 Å². The van der Waals surface area contributed by atoms with Crippen LogP contribution in [0.5, 0.6) is 0 Å². The predicted octanol–water partition coefficient (Wildman–Crippen LogP) is 5.65. The lowest BCUT2D eigenvalue weighted by atomic mass is 9.89. The van der Waals surface area contributed by atoms with Crippen LogP contribution in [0.1, 0.15) is 60.8 Å². The van der Waals surface area contributed by atoms with Gasteiger partial charge in [0.2, 0.25) is 0 Å². The molecule has 0 spiro atoms. The van der Waals surface area contributed by atoms with E-state index in [9.17, 15) is 0 Å². The molecule has 1 nitrogen and oxygen atoms in total. The Hall–Kier alpha value is -0.980. The number of hydrogen-bond donors (Lipinski definition) is 0. The van der Waals surface area contributed by atoms with Crippen LogP contribution in [0, 0.1) is 11.8 Å². The zero-order valence-corrected chi connectivity index (χ0v) is 13.8. The van der Waals surface area contributed by atoms with Gasteiger partial charge in [0.05, 0.1) is 7.11 Å². The third kappa shape index (κ3) is 4.56. The predicted molar refractivity (Wildman–Crippen MR) is 84.0 cm³/mol. The summed E-state index contributed by atoms with van der Waals surface area (Å²) < 4.78 is 5.67. The van der Waals surface area contributed by atoms with E-state index in [2.05, 4.69) is 47.6 Å². The summed E-state index contributed by atoms with van der Waals surface area (Å²) in [5.74, 6) is 2.43. The number of ether oxygens (including phenoxy) is 1. The van der Waals surface area contributed by atoms with Crippen LogP contribution in [0.3, 0.4) is 0 Å². The van der Waals surface area contributed by atoms with Crippen LogP contribution >= 0.6 is 0 Å². The van der Waals surface area contributed by atoms with Crippen LogP contribution in [-0.4, -0.2) is 7.11 Å². The van der Waals surface area contributed by atoms with Gasteiger partial charge in [-0.2, -0.15) is 0 Å². The van der Waals surface area contributed by atoms with E-state index >= 15 is 0 Å². The quantitative estimate of drug-likeness (QED) is 0.597. The van der Waals surface area contributed by atoms with Gasteiger partial charge in [-0.3, -0.25) is 0 Å². The van der Waals surface area contributed by atoms with Crippen LogP contribution in [0.25, 0.3) is 0 Å². The fraction of sp³-hybridized carbons (Fsp3) is 0.667. The average molecular weight is 262 g/mol. The summed E-state index contributed by atoms with van der Waals surface area (Å²) in [5.41, 5.74) is 5.81. The highest BCUT2D eigenvalue weighted by molar-refractivity contribution is 5.38. The van der Waals surface area contributed by atoms with Gasteiger partial charge in [-0.05, 0) is 70.4 Å². The Morgan fingerprint density at radius 2 is 1.84 bits per heavy atom. The van der Waals surface area contributed by atoms with Crippen molar-refractivity contribution in [3.8, 4) is 0 Å². The van der Waals surface area contributed by atoms with Gasteiger partial charge in [0.15, 0.2) is 0 Å². The highest BCUT2D eigenvalue weighted by Gasteiger charge is 2.21. The molecule has 0 radical (unpaired) electrons. The van der Waals surface area contributed by atoms with E-state index < -0.39 is 0 Å². The van der Waals surface area contributed by atoms with Gasteiger partial charge in [0.1, 0.15) is 5.76 Å². The first-order valence-electron chi connectivity index (χ1n) is 7.42. The molecule has 0 saturated carbocycles. The zero-order valence-electron chi connectivity index (χ0n) is 13.8. The van der Waals surface area contributed by atoms with Crippen molar-refractivity contribution in [2.24, 2.45) is 11.8 Å². The minimum absolute atomic E-state index is 0.608. The van der Waals surface area contributed by atoms with Gasteiger partial charge < -0.3 is 4.74 Å². The number of methoxy groups -OCH3 is 1. The van der Waals surface area contributed by atoms with E-state index in [1.807, 2.05) is 0 Å². The van der Waals surface area contributed by atoms with Crippen molar-refractivity contribution in [3.63, 3.8) is 0 Å². The summed E-state index contributed by atoms with van der Waals surface area (Å²) in [4.78, 5) is 0. The first-order valence-corrected chi connectivity index (χ1v) is 7.42. The molecule has 1 rings (SSSR count). The lowest BCUT2D eigenvalue weighted by Crippen LogP contribution is -2.03. The van der Waals surface area contributed by atoms with E-state index in [0.717, 1.165) is 18.1 Å². The summed E-state index contributed by atoms with van der Waals surface area (Å²) in [6.07, 6.45) is 5.83. The molecule has 1 heteroatoms. The van der Waals surface area contributed by atoms with Crippen molar-refractivity contribution >= 4 is 0 Å². The maximum Gasteiger partial charge on any atom is 0.118 e. The molecule has 0 fully saturated rings. The molecular weight excluding hydrogens is 232 g/mol. The second-order valence-electron chi connectivity index (χ2n) is 6.59. The van der Waals surface area contributed by atoms with Crippen molar-refractivity contribution < 1.29 is 4.74 Å². The van der Waals surface area contributed by atoms with Crippen molar-refractivity contribution in [2.75, 3.05) is 7.11 Å². The molecule has 1 atom stereocenters. The second kappa shape index (κ2) is 6.98. The fourth-order valence-corrected chi connectivity index (χ4v) is 2.81. The van der Waals surface area contributed by atoms with Crippen LogP contribution in [0.2, 0.25) is 0 Å². The number of hydrogen-bond acceptors (Lipinski definition) is 1. The van der Waals surface area contributed by atoms with Gasteiger partial charge in [0, 0.05) is 0 Å². The maximum atomic E-state index is 5.67. The Labute approximate surface area is 119 Å². The molecule has 0 N–H and O–H groups in total. The monoisotopic (exact) mass is 262 g/mol. The Morgan fingerprint density at radius 1 is 1.21 bits per heavy atom. The summed E-state index contributed by atoms with van der Waals surface area (Å²) in [7, 11) is 1.80. The van der Waals surface area contributed by atoms with Crippen molar-refractivity contribution in [1.82, 2.24) is 0 Å². The smallest absolute Gasteiger partial charge is 0.118 e. The third-order valence-corrected chi connectivity index (χ3v) is 3.89. The summed E-state index contributed by atoms with van der Waals surface area (Å²) in [5, 5.41) is 0. The molecule has 0 amide bonds. The number of rotatable bonds is 3. The minimum Gasteiger partial charge on any atom is -0.497 e. The maximum absolute atomic E-state index is 5.67. The van der Waals surface area contributed by atoms with Crippen LogP contribution in [0.4, 0.5) is 0 Å². The van der Waals surface area contributed by atoms with Gasteiger partial charge in [-0.25, -0.2) is 0 Å². The van der Waals surface area contributed by atoms with E-state index in [1.165, 1.54) is 29.6 Å². The first-order chi connectivity index (χ1) is 8.85. The molecule has 0 aromatic rings. The first kappa shape index (κ1) is 16.1. The van der Waals surface area contributed by atoms with Gasteiger partial charge in [-0.15, -0.1) is 0 Å². The lowest BCUT2D eigenvalue weighted by molar-refractivity contribution is 0.294. The van der Waals surface area contributed by atoms with Gasteiger partial charge in [-0.1, -0.05) is 30.6 Å². The minimum atomic E-state index is 0.608. The molecule has 0 saturated heterocycles. The average Bonchev–Trinajstić information content (AvgIpc) is 2.47. The molecule has 1 aliphatic carbocycles. The van der Waals surface area contributed by atoms with Crippen LogP contribution < -0.4 is 0 Å². The van der Waals surface area contributed by atoms with Crippen molar-refractivity contribution in [3.05, 3.63) is 34.1 Å². The van der Waals surface area contributed by atoms with Crippen LogP contribution in [0.15, 0.2) is 34.1 Å². The molecular formula is C18H30O. The molecule has 1 unspecified atom stereocenters. The normalized spacial score (nSPS) is 20.2. The topological polar surface area (TPSA) is 9.23 Å². The Balaban J connectivity index is 3.19. The van der Waals surface area contributed by atoms with Gasteiger partial charge >= 0.3 is 0 Å². The SMILES string of the molecule is COC1=CC(CC(C)C)CC(=C(C)C)CC1=C(C)C. The molecule has 108 valence electrons. The Morgan fingerprint density at radius 3 is 2.26 bits per heavy atom. The molecule has 0 aromatic carbocycles. The highest BCUT2D eigenvalue weighted by Crippen LogP contribution is 2.36. The van der Waals surface area contributed by atoms with Crippen molar-refractivity contribution in [2.45, 2.75) is 60.8 Å². The highest BCUT2D eigenvalue weighted by atomic mass is 16.5.